The Labute approximate surface area is 178 Å². The minimum atomic E-state index is 0.215. The first-order chi connectivity index (χ1) is 14.0. The van der Waals surface area contributed by atoms with Gasteiger partial charge in [0.25, 0.3) is 0 Å². The van der Waals surface area contributed by atoms with Crippen LogP contribution >= 0.6 is 11.6 Å². The Morgan fingerprint density at radius 2 is 1.97 bits per heavy atom. The highest BCUT2D eigenvalue weighted by Gasteiger charge is 2.28. The van der Waals surface area contributed by atoms with Crippen molar-refractivity contribution in [1.29, 1.82) is 0 Å². The molecule has 3 heterocycles. The zero-order chi connectivity index (χ0) is 20.4. The van der Waals surface area contributed by atoms with Crippen molar-refractivity contribution in [2.75, 3.05) is 47.1 Å². The number of piperidine rings is 1. The van der Waals surface area contributed by atoms with E-state index in [0.29, 0.717) is 35.5 Å². The van der Waals surface area contributed by atoms with Crippen molar-refractivity contribution < 1.29 is 14.3 Å². The van der Waals surface area contributed by atoms with Gasteiger partial charge in [-0.1, -0.05) is 11.6 Å². The molecule has 160 valence electrons. The molecule has 0 aromatic heterocycles. The molecule has 0 saturated carbocycles. The predicted octanol–water partition coefficient (Wildman–Crippen LogP) is 3.22. The van der Waals surface area contributed by atoms with Crippen LogP contribution in [0.5, 0.6) is 11.5 Å². The first-order valence-corrected chi connectivity index (χ1v) is 11.1. The highest BCUT2D eigenvalue weighted by Crippen LogP contribution is 2.37. The highest BCUT2D eigenvalue weighted by atomic mass is 35.5. The number of ether oxygens (including phenoxy) is 2. The summed E-state index contributed by atoms with van der Waals surface area (Å²) < 4.78 is 10.8. The van der Waals surface area contributed by atoms with Gasteiger partial charge < -0.3 is 24.2 Å². The van der Waals surface area contributed by atoms with Gasteiger partial charge in [-0.25, -0.2) is 0 Å². The second kappa shape index (κ2) is 9.11. The van der Waals surface area contributed by atoms with E-state index < -0.39 is 0 Å². The van der Waals surface area contributed by atoms with E-state index in [4.69, 9.17) is 21.1 Å². The van der Waals surface area contributed by atoms with E-state index in [2.05, 4.69) is 23.9 Å². The predicted molar refractivity (Wildman–Crippen MR) is 113 cm³/mol. The summed E-state index contributed by atoms with van der Waals surface area (Å²) in [6.07, 6.45) is 5.15. The molecule has 1 amide bonds. The monoisotopic (exact) mass is 421 g/mol. The number of hydrogen-bond acceptors (Lipinski definition) is 5. The van der Waals surface area contributed by atoms with Crippen LogP contribution in [-0.2, 0) is 11.3 Å². The molecule has 2 saturated heterocycles. The van der Waals surface area contributed by atoms with Gasteiger partial charge in [0.1, 0.15) is 0 Å². The Morgan fingerprint density at radius 1 is 1.17 bits per heavy atom. The minimum absolute atomic E-state index is 0.215. The normalized spacial score (nSPS) is 25.5. The maximum absolute atomic E-state index is 12.8. The van der Waals surface area contributed by atoms with Crippen LogP contribution in [0.2, 0.25) is 5.02 Å². The molecule has 0 radical (unpaired) electrons. The number of likely N-dealkylation sites (tertiary alicyclic amines) is 2. The third kappa shape index (κ3) is 4.98. The number of halogens is 1. The van der Waals surface area contributed by atoms with Gasteiger partial charge in [0.15, 0.2) is 11.5 Å². The molecule has 29 heavy (non-hydrogen) atoms. The molecular formula is C22H32ClN3O3. The summed E-state index contributed by atoms with van der Waals surface area (Å²) in [4.78, 5) is 19.7. The summed E-state index contributed by atoms with van der Waals surface area (Å²) in [5.41, 5.74) is 0.918. The van der Waals surface area contributed by atoms with E-state index in [1.807, 2.05) is 11.0 Å². The largest absolute Gasteiger partial charge is 0.454 e. The summed E-state index contributed by atoms with van der Waals surface area (Å²) in [6.45, 7) is 5.04. The molecule has 2 atom stereocenters. The van der Waals surface area contributed by atoms with Crippen LogP contribution in [0.1, 0.15) is 37.7 Å². The fraction of sp³-hybridized carbons (Fsp3) is 0.682. The first-order valence-electron chi connectivity index (χ1n) is 10.7. The lowest BCUT2D eigenvalue weighted by Crippen LogP contribution is -2.41. The SMILES string of the molecule is CN1CCCC(CN(C)C2CCC(=O)N(Cc3cc4c(cc3Cl)OCO4)CC2)C1. The summed E-state index contributed by atoms with van der Waals surface area (Å²) in [6, 6.07) is 4.16. The zero-order valence-electron chi connectivity index (χ0n) is 17.5. The molecule has 2 unspecified atom stereocenters. The van der Waals surface area contributed by atoms with Crippen LogP contribution < -0.4 is 9.47 Å². The van der Waals surface area contributed by atoms with Crippen molar-refractivity contribution >= 4 is 17.5 Å². The Morgan fingerprint density at radius 3 is 2.76 bits per heavy atom. The van der Waals surface area contributed by atoms with E-state index in [1.54, 1.807) is 6.07 Å². The molecule has 0 bridgehead atoms. The molecule has 7 heteroatoms. The molecule has 0 spiro atoms. The van der Waals surface area contributed by atoms with E-state index in [-0.39, 0.29) is 12.7 Å². The van der Waals surface area contributed by atoms with E-state index >= 15 is 0 Å². The van der Waals surface area contributed by atoms with Crippen LogP contribution in [0.4, 0.5) is 0 Å². The fourth-order valence-corrected chi connectivity index (χ4v) is 5.11. The molecule has 4 rings (SSSR count). The van der Waals surface area contributed by atoms with E-state index in [1.165, 1.54) is 25.9 Å². The molecule has 1 aromatic rings. The van der Waals surface area contributed by atoms with Gasteiger partial charge in [0.2, 0.25) is 12.7 Å². The molecule has 2 fully saturated rings. The van der Waals surface area contributed by atoms with Crippen molar-refractivity contribution in [3.05, 3.63) is 22.7 Å². The molecule has 3 aliphatic rings. The van der Waals surface area contributed by atoms with Crippen LogP contribution in [0, 0.1) is 5.92 Å². The van der Waals surface area contributed by atoms with Gasteiger partial charge in [0, 0.05) is 49.7 Å². The lowest BCUT2D eigenvalue weighted by molar-refractivity contribution is -0.131. The Balaban J connectivity index is 1.35. The van der Waals surface area contributed by atoms with Gasteiger partial charge in [-0.15, -0.1) is 0 Å². The van der Waals surface area contributed by atoms with Crippen LogP contribution in [0.3, 0.4) is 0 Å². The number of rotatable bonds is 5. The summed E-state index contributed by atoms with van der Waals surface area (Å²) >= 11 is 6.43. The molecule has 3 aliphatic heterocycles. The van der Waals surface area contributed by atoms with Crippen molar-refractivity contribution in [2.24, 2.45) is 5.92 Å². The maximum atomic E-state index is 12.8. The second-order valence-electron chi connectivity index (χ2n) is 8.80. The number of fused-ring (bicyclic) bond motifs is 1. The maximum Gasteiger partial charge on any atom is 0.231 e. The molecule has 0 N–H and O–H groups in total. The third-order valence-corrected chi connectivity index (χ3v) is 6.92. The fourth-order valence-electron chi connectivity index (χ4n) is 4.89. The lowest BCUT2D eigenvalue weighted by atomic mass is 9.96. The van der Waals surface area contributed by atoms with Crippen molar-refractivity contribution in [2.45, 2.75) is 44.7 Å². The van der Waals surface area contributed by atoms with Gasteiger partial charge >= 0.3 is 0 Å². The standard InChI is InChI=1S/C22H32ClN3O3/c1-24-8-3-4-16(12-24)13-25(2)18-5-6-22(27)26(9-7-18)14-17-10-20-21(11-19(17)23)29-15-28-20/h10-11,16,18H,3-9,12-15H2,1-2H3. The first kappa shape index (κ1) is 20.8. The van der Waals surface area contributed by atoms with E-state index in [0.717, 1.165) is 37.4 Å². The molecule has 0 aliphatic carbocycles. The minimum Gasteiger partial charge on any atom is -0.454 e. The average molecular weight is 422 g/mol. The molecule has 6 nitrogen and oxygen atoms in total. The Bertz CT molecular complexity index is 744. The summed E-state index contributed by atoms with van der Waals surface area (Å²) in [5, 5.41) is 0.626. The summed E-state index contributed by atoms with van der Waals surface area (Å²) in [5.74, 6) is 2.34. The second-order valence-corrected chi connectivity index (χ2v) is 9.21. The topological polar surface area (TPSA) is 45.2 Å². The Kier molecular flexibility index (Phi) is 6.52. The van der Waals surface area contributed by atoms with Crippen LogP contribution in [0.25, 0.3) is 0 Å². The van der Waals surface area contributed by atoms with Crippen molar-refractivity contribution in [1.82, 2.24) is 14.7 Å². The van der Waals surface area contributed by atoms with Gasteiger partial charge in [-0.05, 0) is 63.9 Å². The van der Waals surface area contributed by atoms with Gasteiger partial charge in [-0.2, -0.15) is 0 Å². The number of amides is 1. The van der Waals surface area contributed by atoms with Crippen molar-refractivity contribution in [3.8, 4) is 11.5 Å². The lowest BCUT2D eigenvalue weighted by Gasteiger charge is -2.35. The third-order valence-electron chi connectivity index (χ3n) is 6.57. The quantitative estimate of drug-likeness (QED) is 0.730. The number of nitrogens with zero attached hydrogens (tertiary/aromatic N) is 3. The van der Waals surface area contributed by atoms with Crippen LogP contribution in [0.15, 0.2) is 12.1 Å². The van der Waals surface area contributed by atoms with E-state index in [9.17, 15) is 4.79 Å². The zero-order valence-corrected chi connectivity index (χ0v) is 18.3. The number of hydrogen-bond donors (Lipinski definition) is 0. The highest BCUT2D eigenvalue weighted by molar-refractivity contribution is 6.31. The van der Waals surface area contributed by atoms with Gasteiger partial charge in [0.05, 0.1) is 0 Å². The molecular weight excluding hydrogens is 390 g/mol. The smallest absolute Gasteiger partial charge is 0.231 e. The summed E-state index contributed by atoms with van der Waals surface area (Å²) in [7, 11) is 4.45. The number of benzene rings is 1. The average Bonchev–Trinajstić information content (AvgIpc) is 3.05. The van der Waals surface area contributed by atoms with Crippen molar-refractivity contribution in [3.63, 3.8) is 0 Å². The molecule has 1 aromatic carbocycles. The number of carbonyl (C=O) groups excluding carboxylic acids is 1. The van der Waals surface area contributed by atoms with Crippen LogP contribution in [-0.4, -0.2) is 73.7 Å². The number of carbonyl (C=O) groups is 1. The van der Waals surface area contributed by atoms with Gasteiger partial charge in [-0.3, -0.25) is 4.79 Å². The Hall–Kier alpha value is -1.50.